The number of carbonyl (C=O) groups excluding carboxylic acids is 2. The summed E-state index contributed by atoms with van der Waals surface area (Å²) in [7, 11) is 0. The van der Waals surface area contributed by atoms with Crippen molar-refractivity contribution in [2.75, 3.05) is 17.7 Å². The number of nitrogens with zero attached hydrogens (tertiary/aromatic N) is 1. The predicted molar refractivity (Wildman–Crippen MR) is 122 cm³/mol. The maximum atomic E-state index is 12.6. The van der Waals surface area contributed by atoms with Gasteiger partial charge in [-0.2, -0.15) is 5.26 Å². The van der Waals surface area contributed by atoms with Gasteiger partial charge in [-0.1, -0.05) is 60.7 Å². The van der Waals surface area contributed by atoms with Crippen molar-refractivity contribution in [1.82, 2.24) is 0 Å². The van der Waals surface area contributed by atoms with Gasteiger partial charge in [-0.25, -0.2) is 4.79 Å². The summed E-state index contributed by atoms with van der Waals surface area (Å²) in [6, 6.07) is 26.6. The number of hydrogen-bond donors (Lipinski definition) is 1. The fraction of sp³-hybridized carbons (Fsp3) is 0.160. The van der Waals surface area contributed by atoms with Crippen LogP contribution in [0.4, 0.5) is 5.69 Å². The van der Waals surface area contributed by atoms with E-state index in [1.165, 1.54) is 17.3 Å². The van der Waals surface area contributed by atoms with Crippen molar-refractivity contribution in [3.05, 3.63) is 95.6 Å². The summed E-state index contributed by atoms with van der Waals surface area (Å²) < 4.78 is 5.27. The monoisotopic (exact) mass is 430 g/mol. The van der Waals surface area contributed by atoms with Crippen molar-refractivity contribution in [2.24, 2.45) is 0 Å². The van der Waals surface area contributed by atoms with Gasteiger partial charge in [0.05, 0.1) is 23.1 Å². The molecule has 0 aliphatic carbocycles. The average molecular weight is 431 g/mol. The molecule has 0 aliphatic rings. The molecule has 3 rings (SSSR count). The van der Waals surface area contributed by atoms with Crippen LogP contribution in [-0.2, 0) is 22.4 Å². The largest absolute Gasteiger partial charge is 0.452 e. The van der Waals surface area contributed by atoms with E-state index in [1.807, 2.05) is 42.5 Å². The molecule has 0 heterocycles. The van der Waals surface area contributed by atoms with Gasteiger partial charge in [0, 0.05) is 4.90 Å². The molecule has 0 saturated carbocycles. The first-order chi connectivity index (χ1) is 15.2. The Kier molecular flexibility index (Phi) is 8.27. The summed E-state index contributed by atoms with van der Waals surface area (Å²) in [5.74, 6) is -0.673. The lowest BCUT2D eigenvalue weighted by Crippen LogP contribution is -2.21. The topological polar surface area (TPSA) is 79.2 Å². The minimum absolute atomic E-state index is 0.279. The lowest BCUT2D eigenvalue weighted by molar-refractivity contribution is -0.119. The van der Waals surface area contributed by atoms with Gasteiger partial charge in [-0.15, -0.1) is 11.8 Å². The zero-order chi connectivity index (χ0) is 21.9. The third kappa shape index (κ3) is 6.73. The molecule has 156 valence electrons. The van der Waals surface area contributed by atoms with Gasteiger partial charge in [0.25, 0.3) is 5.91 Å². The van der Waals surface area contributed by atoms with E-state index >= 15 is 0 Å². The summed E-state index contributed by atoms with van der Waals surface area (Å²) in [5, 5.41) is 11.5. The van der Waals surface area contributed by atoms with Gasteiger partial charge >= 0.3 is 5.97 Å². The molecule has 31 heavy (non-hydrogen) atoms. The number of anilines is 1. The molecule has 0 spiro atoms. The third-order valence-electron chi connectivity index (χ3n) is 4.55. The van der Waals surface area contributed by atoms with Crippen molar-refractivity contribution in [3.63, 3.8) is 0 Å². The van der Waals surface area contributed by atoms with Crippen molar-refractivity contribution in [2.45, 2.75) is 17.7 Å². The Hall–Kier alpha value is -3.56. The standard InChI is InChI=1S/C25H22N2O3S/c26-16-17-31-23-13-7-6-12-22(23)27-24(28)18-30-25(29)21-11-5-4-10-20(21)15-14-19-8-2-1-3-9-19/h1-13H,14-15,17-18H2,(H,27,28). The van der Waals surface area contributed by atoms with E-state index in [-0.39, 0.29) is 12.4 Å². The first-order valence-corrected chi connectivity index (χ1v) is 10.8. The highest BCUT2D eigenvalue weighted by Crippen LogP contribution is 2.26. The van der Waals surface area contributed by atoms with E-state index in [1.54, 1.807) is 24.3 Å². The SMILES string of the molecule is N#CCSc1ccccc1NC(=O)COC(=O)c1ccccc1CCc1ccccc1. The van der Waals surface area contributed by atoms with Crippen LogP contribution in [0.2, 0.25) is 0 Å². The quantitative estimate of drug-likeness (QED) is 0.386. The van der Waals surface area contributed by atoms with E-state index in [2.05, 4.69) is 23.5 Å². The van der Waals surface area contributed by atoms with Gasteiger partial charge < -0.3 is 10.1 Å². The minimum Gasteiger partial charge on any atom is -0.452 e. The number of thioether (sulfide) groups is 1. The molecule has 0 atom stereocenters. The maximum absolute atomic E-state index is 12.6. The second-order valence-corrected chi connectivity index (χ2v) is 7.73. The van der Waals surface area contributed by atoms with Gasteiger partial charge in [-0.3, -0.25) is 4.79 Å². The smallest absolute Gasteiger partial charge is 0.338 e. The highest BCUT2D eigenvalue weighted by atomic mass is 32.2. The number of benzene rings is 3. The Morgan fingerprint density at radius 2 is 1.61 bits per heavy atom. The Bertz CT molecular complexity index is 1080. The van der Waals surface area contributed by atoms with Crippen LogP contribution in [-0.4, -0.2) is 24.2 Å². The van der Waals surface area contributed by atoms with E-state index in [9.17, 15) is 9.59 Å². The van der Waals surface area contributed by atoms with Gasteiger partial charge in [0.1, 0.15) is 0 Å². The second kappa shape index (κ2) is 11.6. The molecular formula is C25H22N2O3S. The lowest BCUT2D eigenvalue weighted by atomic mass is 10.00. The summed E-state index contributed by atoms with van der Waals surface area (Å²) in [6.45, 7) is -0.386. The number of ether oxygens (including phenoxy) is 1. The van der Waals surface area contributed by atoms with Crippen LogP contribution >= 0.6 is 11.8 Å². The highest BCUT2D eigenvalue weighted by molar-refractivity contribution is 7.99. The normalized spacial score (nSPS) is 10.2. The van der Waals surface area contributed by atoms with Crippen molar-refractivity contribution in [1.29, 1.82) is 5.26 Å². The van der Waals surface area contributed by atoms with Crippen molar-refractivity contribution < 1.29 is 14.3 Å². The Morgan fingerprint density at radius 1 is 0.903 bits per heavy atom. The number of carbonyl (C=O) groups is 2. The van der Waals surface area contributed by atoms with E-state index in [4.69, 9.17) is 10.00 Å². The minimum atomic E-state index is -0.522. The Morgan fingerprint density at radius 3 is 2.42 bits per heavy atom. The summed E-state index contributed by atoms with van der Waals surface area (Å²) >= 11 is 1.33. The first-order valence-electron chi connectivity index (χ1n) is 9.85. The summed E-state index contributed by atoms with van der Waals surface area (Å²) in [6.07, 6.45) is 1.51. The van der Waals surface area contributed by atoms with Gasteiger partial charge in [-0.05, 0) is 42.2 Å². The molecule has 0 aliphatic heterocycles. The van der Waals surface area contributed by atoms with Crippen LogP contribution in [0.1, 0.15) is 21.5 Å². The maximum Gasteiger partial charge on any atom is 0.338 e. The van der Waals surface area contributed by atoms with Crippen LogP contribution < -0.4 is 5.32 Å². The number of nitrogens with one attached hydrogen (secondary N) is 1. The number of hydrogen-bond acceptors (Lipinski definition) is 5. The summed E-state index contributed by atoms with van der Waals surface area (Å²) in [4.78, 5) is 25.7. The molecule has 0 aromatic heterocycles. The van der Waals surface area contributed by atoms with Crippen LogP contribution in [0, 0.1) is 11.3 Å². The molecule has 1 N–H and O–H groups in total. The van der Waals surface area contributed by atoms with Crippen LogP contribution in [0.15, 0.2) is 83.8 Å². The van der Waals surface area contributed by atoms with Crippen LogP contribution in [0.3, 0.4) is 0 Å². The molecule has 6 heteroatoms. The number of nitriles is 1. The average Bonchev–Trinajstić information content (AvgIpc) is 2.81. The molecular weight excluding hydrogens is 408 g/mol. The molecule has 3 aromatic rings. The van der Waals surface area contributed by atoms with Crippen LogP contribution in [0.25, 0.3) is 0 Å². The summed E-state index contributed by atoms with van der Waals surface area (Å²) in [5.41, 5.74) is 3.14. The van der Waals surface area contributed by atoms with E-state index in [0.29, 0.717) is 17.7 Å². The zero-order valence-electron chi connectivity index (χ0n) is 16.9. The van der Waals surface area contributed by atoms with E-state index in [0.717, 1.165) is 16.9 Å². The molecule has 0 bridgehead atoms. The number of aryl methyl sites for hydroxylation is 2. The number of rotatable bonds is 9. The highest BCUT2D eigenvalue weighted by Gasteiger charge is 2.15. The Balaban J connectivity index is 1.57. The second-order valence-electron chi connectivity index (χ2n) is 6.71. The fourth-order valence-corrected chi connectivity index (χ4v) is 3.73. The molecule has 0 fully saturated rings. The van der Waals surface area contributed by atoms with Gasteiger partial charge in [0.2, 0.25) is 0 Å². The molecule has 3 aromatic carbocycles. The fourth-order valence-electron chi connectivity index (χ4n) is 3.06. The molecule has 0 saturated heterocycles. The molecule has 0 radical (unpaired) electrons. The third-order valence-corrected chi connectivity index (χ3v) is 5.49. The number of para-hydroxylation sites is 1. The first kappa shape index (κ1) is 22.1. The molecule has 1 amide bonds. The predicted octanol–water partition coefficient (Wildman–Crippen LogP) is 4.88. The molecule has 5 nitrogen and oxygen atoms in total. The molecule has 0 unspecified atom stereocenters. The number of esters is 1. The lowest BCUT2D eigenvalue weighted by Gasteiger charge is -2.11. The Labute approximate surface area is 186 Å². The number of amides is 1. The van der Waals surface area contributed by atoms with E-state index < -0.39 is 11.9 Å². The van der Waals surface area contributed by atoms with Crippen molar-refractivity contribution >= 4 is 29.3 Å². The van der Waals surface area contributed by atoms with Gasteiger partial charge in [0.15, 0.2) is 6.61 Å². The zero-order valence-corrected chi connectivity index (χ0v) is 17.7. The van der Waals surface area contributed by atoms with Crippen molar-refractivity contribution in [3.8, 4) is 6.07 Å². The van der Waals surface area contributed by atoms with Crippen LogP contribution in [0.5, 0.6) is 0 Å².